The monoisotopic (exact) mass is 237 g/mol. The number of hydrogen-bond acceptors (Lipinski definition) is 4. The molecule has 0 saturated carbocycles. The van der Waals surface area contributed by atoms with Gasteiger partial charge in [-0.25, -0.2) is 0 Å². The number of hydrogen-bond donors (Lipinski definition) is 0. The molecule has 1 saturated heterocycles. The lowest BCUT2D eigenvalue weighted by Gasteiger charge is -2.31. The van der Waals surface area contributed by atoms with Crippen molar-refractivity contribution in [1.29, 1.82) is 0 Å². The molecule has 0 N–H and O–H groups in total. The summed E-state index contributed by atoms with van der Waals surface area (Å²) in [5.41, 5.74) is -0.0325. The third-order valence-electron chi connectivity index (χ3n) is 3.42. The normalized spacial score (nSPS) is 22.9. The SMILES string of the molecule is C[C@H]1CCCCN1Cc1nc(C(C)(C)C)no1. The first kappa shape index (κ1) is 12.6. The lowest BCUT2D eigenvalue weighted by molar-refractivity contribution is 0.135. The van der Waals surface area contributed by atoms with Crippen LogP contribution in [0.3, 0.4) is 0 Å². The molecule has 0 radical (unpaired) electrons. The zero-order valence-corrected chi connectivity index (χ0v) is 11.4. The van der Waals surface area contributed by atoms with Crippen LogP contribution in [0.1, 0.15) is 58.7 Å². The number of piperidine rings is 1. The lowest BCUT2D eigenvalue weighted by Crippen LogP contribution is -2.36. The average Bonchev–Trinajstić information content (AvgIpc) is 2.69. The molecule has 17 heavy (non-hydrogen) atoms. The Morgan fingerprint density at radius 3 is 2.71 bits per heavy atom. The first-order valence-electron chi connectivity index (χ1n) is 6.54. The smallest absolute Gasteiger partial charge is 0.240 e. The van der Waals surface area contributed by atoms with Gasteiger partial charge in [0.1, 0.15) is 0 Å². The maximum atomic E-state index is 5.34. The van der Waals surface area contributed by atoms with E-state index < -0.39 is 0 Å². The van der Waals surface area contributed by atoms with E-state index >= 15 is 0 Å². The number of aromatic nitrogens is 2. The van der Waals surface area contributed by atoms with Gasteiger partial charge in [-0.15, -0.1) is 0 Å². The number of nitrogens with zero attached hydrogens (tertiary/aromatic N) is 3. The van der Waals surface area contributed by atoms with Gasteiger partial charge >= 0.3 is 0 Å². The first-order chi connectivity index (χ1) is 7.97. The van der Waals surface area contributed by atoms with Gasteiger partial charge in [-0.2, -0.15) is 4.98 Å². The second kappa shape index (κ2) is 4.77. The van der Waals surface area contributed by atoms with E-state index in [4.69, 9.17) is 4.52 Å². The van der Waals surface area contributed by atoms with Crippen LogP contribution in [0.4, 0.5) is 0 Å². The molecule has 4 heteroatoms. The minimum Gasteiger partial charge on any atom is -0.338 e. The molecular weight excluding hydrogens is 214 g/mol. The van der Waals surface area contributed by atoms with Crippen LogP contribution in [0, 0.1) is 0 Å². The van der Waals surface area contributed by atoms with E-state index in [1.165, 1.54) is 19.3 Å². The van der Waals surface area contributed by atoms with Crippen molar-refractivity contribution in [2.24, 2.45) is 0 Å². The van der Waals surface area contributed by atoms with Gasteiger partial charge < -0.3 is 4.52 Å². The Labute approximate surface area is 103 Å². The molecule has 96 valence electrons. The molecule has 0 unspecified atom stereocenters. The van der Waals surface area contributed by atoms with Crippen LogP contribution >= 0.6 is 0 Å². The fraction of sp³-hybridized carbons (Fsp3) is 0.846. The van der Waals surface area contributed by atoms with Crippen LogP contribution in [0.2, 0.25) is 0 Å². The van der Waals surface area contributed by atoms with Crippen molar-refractivity contribution in [2.45, 2.75) is 65.0 Å². The van der Waals surface area contributed by atoms with E-state index in [0.29, 0.717) is 6.04 Å². The van der Waals surface area contributed by atoms with E-state index in [9.17, 15) is 0 Å². The Balaban J connectivity index is 2.01. The van der Waals surface area contributed by atoms with Gasteiger partial charge in [0.05, 0.1) is 6.54 Å². The second-order valence-electron chi connectivity index (χ2n) is 6.08. The summed E-state index contributed by atoms with van der Waals surface area (Å²) in [6.45, 7) is 10.5. The number of rotatable bonds is 2. The fourth-order valence-corrected chi connectivity index (χ4v) is 2.19. The third-order valence-corrected chi connectivity index (χ3v) is 3.42. The van der Waals surface area contributed by atoms with E-state index in [-0.39, 0.29) is 5.41 Å². The predicted molar refractivity (Wildman–Crippen MR) is 66.7 cm³/mol. The van der Waals surface area contributed by atoms with Crippen molar-refractivity contribution in [3.8, 4) is 0 Å². The van der Waals surface area contributed by atoms with Crippen molar-refractivity contribution in [1.82, 2.24) is 15.0 Å². The molecule has 1 fully saturated rings. The molecule has 1 atom stereocenters. The van der Waals surface area contributed by atoms with Crippen molar-refractivity contribution in [3.63, 3.8) is 0 Å². The average molecular weight is 237 g/mol. The third kappa shape index (κ3) is 3.06. The van der Waals surface area contributed by atoms with Gasteiger partial charge in [0.25, 0.3) is 0 Å². The maximum absolute atomic E-state index is 5.34. The molecule has 0 bridgehead atoms. The van der Waals surface area contributed by atoms with Crippen LogP contribution in [-0.4, -0.2) is 27.6 Å². The standard InChI is InChI=1S/C13H23N3O/c1-10-7-5-6-8-16(10)9-11-14-12(15-17-11)13(2,3)4/h10H,5-9H2,1-4H3/t10-/m0/s1. The first-order valence-corrected chi connectivity index (χ1v) is 6.54. The zero-order chi connectivity index (χ0) is 12.5. The van der Waals surface area contributed by atoms with E-state index in [0.717, 1.165) is 24.8 Å². The summed E-state index contributed by atoms with van der Waals surface area (Å²) in [6.07, 6.45) is 3.90. The summed E-state index contributed by atoms with van der Waals surface area (Å²) >= 11 is 0. The minimum absolute atomic E-state index is 0.0325. The molecule has 0 spiro atoms. The van der Waals surface area contributed by atoms with Gasteiger partial charge in [0.2, 0.25) is 5.89 Å². The molecule has 2 heterocycles. The highest BCUT2D eigenvalue weighted by atomic mass is 16.5. The quantitative estimate of drug-likeness (QED) is 0.793. The predicted octanol–water partition coefficient (Wildman–Crippen LogP) is 2.74. The Bertz CT molecular complexity index is 367. The summed E-state index contributed by atoms with van der Waals surface area (Å²) < 4.78 is 5.34. The molecule has 0 aliphatic carbocycles. The van der Waals surface area contributed by atoms with E-state index in [2.05, 4.69) is 42.7 Å². The van der Waals surface area contributed by atoms with Crippen molar-refractivity contribution < 1.29 is 4.52 Å². The van der Waals surface area contributed by atoms with Crippen molar-refractivity contribution in [3.05, 3.63) is 11.7 Å². The minimum atomic E-state index is -0.0325. The van der Waals surface area contributed by atoms with Gasteiger partial charge in [-0.1, -0.05) is 32.3 Å². The maximum Gasteiger partial charge on any atom is 0.240 e. The van der Waals surface area contributed by atoms with Crippen LogP contribution in [0.5, 0.6) is 0 Å². The van der Waals surface area contributed by atoms with Gasteiger partial charge in [0, 0.05) is 11.5 Å². The molecule has 4 nitrogen and oxygen atoms in total. The molecule has 1 aromatic heterocycles. The van der Waals surface area contributed by atoms with Crippen LogP contribution in [0.25, 0.3) is 0 Å². The topological polar surface area (TPSA) is 42.2 Å². The molecule has 0 aromatic carbocycles. The van der Waals surface area contributed by atoms with Gasteiger partial charge in [0.15, 0.2) is 5.82 Å². The molecule has 0 amide bonds. The summed E-state index contributed by atoms with van der Waals surface area (Å²) in [5, 5.41) is 4.07. The zero-order valence-electron chi connectivity index (χ0n) is 11.4. The Kier molecular flexibility index (Phi) is 3.52. The van der Waals surface area contributed by atoms with Crippen LogP contribution in [-0.2, 0) is 12.0 Å². The summed E-state index contributed by atoms with van der Waals surface area (Å²) in [6, 6.07) is 0.633. The summed E-state index contributed by atoms with van der Waals surface area (Å²) in [5.74, 6) is 1.56. The lowest BCUT2D eigenvalue weighted by atomic mass is 9.96. The Morgan fingerprint density at radius 2 is 2.12 bits per heavy atom. The largest absolute Gasteiger partial charge is 0.338 e. The summed E-state index contributed by atoms with van der Waals surface area (Å²) in [4.78, 5) is 6.92. The highest BCUT2D eigenvalue weighted by Crippen LogP contribution is 2.21. The molecule has 1 aliphatic heterocycles. The van der Waals surface area contributed by atoms with Gasteiger partial charge in [-0.05, 0) is 26.3 Å². The van der Waals surface area contributed by atoms with Gasteiger partial charge in [-0.3, -0.25) is 4.90 Å². The molecular formula is C13H23N3O. The highest BCUT2D eigenvalue weighted by molar-refractivity contribution is 5.00. The Morgan fingerprint density at radius 1 is 1.35 bits per heavy atom. The second-order valence-corrected chi connectivity index (χ2v) is 6.08. The van der Waals surface area contributed by atoms with E-state index in [1.807, 2.05) is 0 Å². The van der Waals surface area contributed by atoms with Crippen LogP contribution in [0.15, 0.2) is 4.52 Å². The summed E-state index contributed by atoms with van der Waals surface area (Å²) in [7, 11) is 0. The fourth-order valence-electron chi connectivity index (χ4n) is 2.19. The molecule has 1 aliphatic rings. The van der Waals surface area contributed by atoms with Crippen molar-refractivity contribution in [2.75, 3.05) is 6.54 Å². The molecule has 2 rings (SSSR count). The number of likely N-dealkylation sites (tertiary alicyclic amines) is 1. The van der Waals surface area contributed by atoms with E-state index in [1.54, 1.807) is 0 Å². The molecule has 1 aromatic rings. The highest BCUT2D eigenvalue weighted by Gasteiger charge is 2.24. The Hall–Kier alpha value is -0.900. The van der Waals surface area contributed by atoms with Crippen LogP contribution < -0.4 is 0 Å². The van der Waals surface area contributed by atoms with Crippen molar-refractivity contribution >= 4 is 0 Å².